The predicted molar refractivity (Wildman–Crippen MR) is 113 cm³/mol. The van der Waals surface area contributed by atoms with Crippen LogP contribution in [0.4, 0.5) is 0 Å². The summed E-state index contributed by atoms with van der Waals surface area (Å²) in [4.78, 5) is 2.44. The Balaban J connectivity index is 0.000000469. The third-order valence-corrected chi connectivity index (χ3v) is 4.52. The normalized spacial score (nSPS) is 12.4. The van der Waals surface area contributed by atoms with Gasteiger partial charge in [-0.15, -0.1) is 0 Å². The molecule has 0 spiro atoms. The first-order chi connectivity index (χ1) is 11.7. The van der Waals surface area contributed by atoms with Gasteiger partial charge in [0.15, 0.2) is 0 Å². The second-order valence-electron chi connectivity index (χ2n) is 5.74. The molecule has 0 bridgehead atoms. The molecule has 1 heterocycles. The minimum absolute atomic E-state index is 0. The van der Waals surface area contributed by atoms with Crippen LogP contribution in [0, 0.1) is 22.7 Å². The van der Waals surface area contributed by atoms with Gasteiger partial charge in [0.1, 0.15) is 0 Å². The van der Waals surface area contributed by atoms with E-state index in [1.165, 1.54) is 31.5 Å². The Hall–Kier alpha value is -2.14. The third kappa shape index (κ3) is 7.83. The average molecular weight is 414 g/mol. The fraction of sp³-hybridized carbons (Fsp3) is 0.364. The number of rotatable bonds is 3. The highest BCUT2D eigenvalue weighted by Gasteiger charge is 2.11. The SMILES string of the molecule is C.C.N#Cc1cccc(CBr)c1.N#Cc1cccc(CN2CCCC2)c1. The van der Waals surface area contributed by atoms with Crippen LogP contribution in [0.1, 0.15) is 49.9 Å². The van der Waals surface area contributed by atoms with Gasteiger partial charge < -0.3 is 0 Å². The van der Waals surface area contributed by atoms with Crippen molar-refractivity contribution < 1.29 is 0 Å². The van der Waals surface area contributed by atoms with Crippen LogP contribution in [-0.4, -0.2) is 18.0 Å². The Labute approximate surface area is 167 Å². The Morgan fingerprint density at radius 1 is 0.846 bits per heavy atom. The van der Waals surface area contributed by atoms with Crippen LogP contribution in [0.5, 0.6) is 0 Å². The van der Waals surface area contributed by atoms with Gasteiger partial charge >= 0.3 is 0 Å². The molecule has 0 radical (unpaired) electrons. The lowest BCUT2D eigenvalue weighted by atomic mass is 10.1. The molecule has 138 valence electrons. The Kier molecular flexibility index (Phi) is 12.0. The van der Waals surface area contributed by atoms with Crippen LogP contribution < -0.4 is 0 Å². The molecule has 26 heavy (non-hydrogen) atoms. The molecule has 0 saturated carbocycles. The van der Waals surface area contributed by atoms with Crippen molar-refractivity contribution in [3.63, 3.8) is 0 Å². The lowest BCUT2D eigenvalue weighted by Crippen LogP contribution is -2.18. The van der Waals surface area contributed by atoms with Crippen molar-refractivity contribution in [2.45, 2.75) is 39.6 Å². The largest absolute Gasteiger partial charge is 0.299 e. The summed E-state index contributed by atoms with van der Waals surface area (Å²) in [5, 5.41) is 18.1. The molecule has 1 aliphatic heterocycles. The monoisotopic (exact) mass is 413 g/mol. The zero-order chi connectivity index (χ0) is 17.2. The topological polar surface area (TPSA) is 50.8 Å². The summed E-state index contributed by atoms with van der Waals surface area (Å²) in [5.74, 6) is 0. The van der Waals surface area contributed by atoms with Gasteiger partial charge in [-0.1, -0.05) is 55.0 Å². The molecule has 0 unspecified atom stereocenters. The molecule has 2 aromatic rings. The van der Waals surface area contributed by atoms with Gasteiger partial charge in [-0.2, -0.15) is 10.5 Å². The van der Waals surface area contributed by atoms with Crippen LogP contribution in [0.2, 0.25) is 0 Å². The number of nitriles is 2. The molecule has 1 fully saturated rings. The van der Waals surface area contributed by atoms with E-state index in [1.807, 2.05) is 36.4 Å². The van der Waals surface area contributed by atoms with E-state index in [2.05, 4.69) is 39.0 Å². The van der Waals surface area contributed by atoms with E-state index < -0.39 is 0 Å². The van der Waals surface area contributed by atoms with E-state index >= 15 is 0 Å². The zero-order valence-corrected chi connectivity index (χ0v) is 15.2. The lowest BCUT2D eigenvalue weighted by Gasteiger charge is -2.14. The van der Waals surface area contributed by atoms with Gasteiger partial charge in [0.2, 0.25) is 0 Å². The van der Waals surface area contributed by atoms with Crippen molar-refractivity contribution >= 4 is 15.9 Å². The fourth-order valence-corrected chi connectivity index (χ4v) is 3.01. The summed E-state index contributed by atoms with van der Waals surface area (Å²) in [6.07, 6.45) is 2.63. The second-order valence-corrected chi connectivity index (χ2v) is 6.30. The predicted octanol–water partition coefficient (Wildman–Crippen LogP) is 5.88. The molecule has 0 aromatic heterocycles. The molecule has 1 aliphatic rings. The summed E-state index contributed by atoms with van der Waals surface area (Å²) in [6.45, 7) is 3.41. The second kappa shape index (κ2) is 13.1. The summed E-state index contributed by atoms with van der Waals surface area (Å²) in [7, 11) is 0. The number of likely N-dealkylation sites (tertiary alicyclic amines) is 1. The molecular formula is C22H28BrN3. The van der Waals surface area contributed by atoms with E-state index in [9.17, 15) is 0 Å². The van der Waals surface area contributed by atoms with Crippen molar-refractivity contribution in [1.29, 1.82) is 10.5 Å². The van der Waals surface area contributed by atoms with Crippen molar-refractivity contribution in [1.82, 2.24) is 4.90 Å². The lowest BCUT2D eigenvalue weighted by molar-refractivity contribution is 0.331. The van der Waals surface area contributed by atoms with Crippen molar-refractivity contribution in [3.8, 4) is 12.1 Å². The molecular weight excluding hydrogens is 386 g/mol. The molecule has 0 aliphatic carbocycles. The van der Waals surface area contributed by atoms with Crippen molar-refractivity contribution in [2.24, 2.45) is 0 Å². The van der Waals surface area contributed by atoms with Crippen LogP contribution in [0.3, 0.4) is 0 Å². The summed E-state index contributed by atoms with van der Waals surface area (Å²) < 4.78 is 0. The molecule has 3 rings (SSSR count). The molecule has 2 aromatic carbocycles. The fourth-order valence-electron chi connectivity index (χ4n) is 2.66. The summed E-state index contributed by atoms with van der Waals surface area (Å²) in [5.41, 5.74) is 3.88. The molecule has 1 saturated heterocycles. The van der Waals surface area contributed by atoms with Gasteiger partial charge in [-0.3, -0.25) is 4.90 Å². The van der Waals surface area contributed by atoms with Crippen molar-refractivity contribution in [2.75, 3.05) is 13.1 Å². The van der Waals surface area contributed by atoms with Gasteiger partial charge in [0, 0.05) is 11.9 Å². The highest BCUT2D eigenvalue weighted by Crippen LogP contribution is 2.13. The summed E-state index contributed by atoms with van der Waals surface area (Å²) >= 11 is 3.31. The number of halogens is 1. The van der Waals surface area contributed by atoms with E-state index in [4.69, 9.17) is 10.5 Å². The number of benzene rings is 2. The Morgan fingerprint density at radius 3 is 1.85 bits per heavy atom. The van der Waals surface area contributed by atoms with E-state index in [1.54, 1.807) is 6.07 Å². The number of nitrogens with zero attached hydrogens (tertiary/aromatic N) is 3. The average Bonchev–Trinajstić information content (AvgIpc) is 3.15. The van der Waals surface area contributed by atoms with Gasteiger partial charge in [0.05, 0.1) is 23.3 Å². The molecule has 4 heteroatoms. The molecule has 0 atom stereocenters. The summed E-state index contributed by atoms with van der Waals surface area (Å²) in [6, 6.07) is 19.7. The third-order valence-electron chi connectivity index (χ3n) is 3.87. The van der Waals surface area contributed by atoms with E-state index in [0.717, 1.165) is 28.6 Å². The molecule has 0 amide bonds. The minimum atomic E-state index is 0. The first-order valence-electron chi connectivity index (χ1n) is 8.01. The zero-order valence-electron chi connectivity index (χ0n) is 13.6. The Bertz CT molecular complexity index is 738. The van der Waals surface area contributed by atoms with Crippen molar-refractivity contribution in [3.05, 3.63) is 70.8 Å². The number of hydrogen-bond donors (Lipinski definition) is 0. The highest BCUT2D eigenvalue weighted by molar-refractivity contribution is 9.08. The minimum Gasteiger partial charge on any atom is -0.299 e. The molecule has 3 nitrogen and oxygen atoms in total. The number of hydrogen-bond acceptors (Lipinski definition) is 3. The standard InChI is InChI=1S/C12H14N2.C8H6BrN.2CH4/c13-9-11-4-3-5-12(8-11)10-14-6-1-2-7-14;9-5-7-2-1-3-8(4-7)6-10;;/h3-5,8H,1-2,6-7,10H2;1-4H,5H2;2*1H4. The van der Waals surface area contributed by atoms with Gasteiger partial charge in [0.25, 0.3) is 0 Å². The van der Waals surface area contributed by atoms with E-state index in [0.29, 0.717) is 0 Å². The quantitative estimate of drug-likeness (QED) is 0.590. The highest BCUT2D eigenvalue weighted by atomic mass is 79.9. The number of alkyl halides is 1. The van der Waals surface area contributed by atoms with Crippen LogP contribution in [0.25, 0.3) is 0 Å². The van der Waals surface area contributed by atoms with Crippen LogP contribution in [-0.2, 0) is 11.9 Å². The van der Waals surface area contributed by atoms with Crippen LogP contribution >= 0.6 is 15.9 Å². The smallest absolute Gasteiger partial charge is 0.0991 e. The van der Waals surface area contributed by atoms with E-state index in [-0.39, 0.29) is 14.9 Å². The molecule has 0 N–H and O–H groups in total. The van der Waals surface area contributed by atoms with Crippen LogP contribution in [0.15, 0.2) is 48.5 Å². The maximum atomic E-state index is 8.76. The first-order valence-corrected chi connectivity index (χ1v) is 9.13. The maximum Gasteiger partial charge on any atom is 0.0991 e. The van der Waals surface area contributed by atoms with Gasteiger partial charge in [-0.25, -0.2) is 0 Å². The Morgan fingerprint density at radius 2 is 1.35 bits per heavy atom. The van der Waals surface area contributed by atoms with Gasteiger partial charge in [-0.05, 0) is 61.3 Å². The maximum absolute atomic E-state index is 8.76. The first kappa shape index (κ1) is 23.9.